The lowest BCUT2D eigenvalue weighted by molar-refractivity contribution is 0.531. The summed E-state index contributed by atoms with van der Waals surface area (Å²) >= 11 is 0. The molecule has 0 saturated carbocycles. The highest BCUT2D eigenvalue weighted by Crippen LogP contribution is 2.30. The van der Waals surface area contributed by atoms with Crippen LogP contribution in [0.5, 0.6) is 0 Å². The van der Waals surface area contributed by atoms with Crippen LogP contribution in [0.25, 0.3) is 0 Å². The van der Waals surface area contributed by atoms with E-state index >= 15 is 0 Å². The van der Waals surface area contributed by atoms with Gasteiger partial charge in [0, 0.05) is 12.0 Å². The quantitative estimate of drug-likeness (QED) is 0.778. The summed E-state index contributed by atoms with van der Waals surface area (Å²) in [4.78, 5) is 0. The minimum atomic E-state index is 0.686. The zero-order chi connectivity index (χ0) is 10.8. The molecule has 1 N–H and O–H groups in total. The second-order valence-corrected chi connectivity index (χ2v) is 4.79. The lowest BCUT2D eigenvalue weighted by Gasteiger charge is -2.19. The van der Waals surface area contributed by atoms with Gasteiger partial charge in [-0.1, -0.05) is 36.2 Å². The highest BCUT2D eigenvalue weighted by molar-refractivity contribution is 5.32. The van der Waals surface area contributed by atoms with Crippen LogP contribution in [0.3, 0.4) is 0 Å². The van der Waals surface area contributed by atoms with Gasteiger partial charge >= 0.3 is 0 Å². The molecule has 1 fully saturated rings. The first-order valence-corrected chi connectivity index (χ1v) is 6.02. The molecule has 0 amide bonds. The van der Waals surface area contributed by atoms with E-state index in [0.717, 1.165) is 5.92 Å². The summed E-state index contributed by atoms with van der Waals surface area (Å²) in [7, 11) is 0. The predicted molar refractivity (Wildman–Crippen MR) is 65.4 cm³/mol. The third kappa shape index (κ3) is 2.23. The van der Waals surface area contributed by atoms with E-state index in [4.69, 9.17) is 0 Å². The fourth-order valence-corrected chi connectivity index (χ4v) is 2.82. The summed E-state index contributed by atoms with van der Waals surface area (Å²) < 4.78 is 0. The van der Waals surface area contributed by atoms with Crippen molar-refractivity contribution in [3.8, 4) is 0 Å². The number of nitrogens with one attached hydrogen (secondary N) is 1. The Morgan fingerprint density at radius 2 is 1.87 bits per heavy atom. The first-order chi connectivity index (χ1) is 7.20. The summed E-state index contributed by atoms with van der Waals surface area (Å²) in [6, 6.07) is 7.65. The standard InChI is InChI=1S/C14H21N/c1-4-14-13(5-6-15-14)12-8-10(2)7-11(3)9-12/h7-9,13-15H,4-6H2,1-3H3. The van der Waals surface area contributed by atoms with Crippen molar-refractivity contribution < 1.29 is 0 Å². The van der Waals surface area contributed by atoms with E-state index in [-0.39, 0.29) is 0 Å². The molecule has 1 aromatic rings. The van der Waals surface area contributed by atoms with E-state index < -0.39 is 0 Å². The number of hydrogen-bond donors (Lipinski definition) is 1. The molecule has 0 spiro atoms. The van der Waals surface area contributed by atoms with E-state index in [1.54, 1.807) is 0 Å². The van der Waals surface area contributed by atoms with Crippen LogP contribution in [0.4, 0.5) is 0 Å². The second kappa shape index (κ2) is 4.36. The molecule has 1 aliphatic rings. The van der Waals surface area contributed by atoms with Crippen LogP contribution in [0.15, 0.2) is 18.2 Å². The smallest absolute Gasteiger partial charge is 0.0134 e. The molecule has 1 saturated heterocycles. The Morgan fingerprint density at radius 1 is 1.20 bits per heavy atom. The van der Waals surface area contributed by atoms with Crippen LogP contribution in [0, 0.1) is 13.8 Å². The van der Waals surface area contributed by atoms with Gasteiger partial charge in [-0.05, 0) is 38.8 Å². The van der Waals surface area contributed by atoms with Crippen molar-refractivity contribution in [3.63, 3.8) is 0 Å². The molecule has 1 heteroatoms. The minimum Gasteiger partial charge on any atom is -0.313 e. The minimum absolute atomic E-state index is 0.686. The Hall–Kier alpha value is -0.820. The lowest BCUT2D eigenvalue weighted by atomic mass is 9.89. The summed E-state index contributed by atoms with van der Waals surface area (Å²) in [5.74, 6) is 0.730. The van der Waals surface area contributed by atoms with Crippen molar-refractivity contribution in [2.45, 2.75) is 45.6 Å². The summed E-state index contributed by atoms with van der Waals surface area (Å²) in [5.41, 5.74) is 4.32. The SMILES string of the molecule is CCC1NCCC1c1cc(C)cc(C)c1. The molecular weight excluding hydrogens is 182 g/mol. The molecule has 2 atom stereocenters. The maximum absolute atomic E-state index is 3.59. The number of rotatable bonds is 2. The third-order valence-electron chi connectivity index (χ3n) is 3.46. The zero-order valence-corrected chi connectivity index (χ0v) is 10.0. The van der Waals surface area contributed by atoms with Crippen molar-refractivity contribution in [1.82, 2.24) is 5.32 Å². The van der Waals surface area contributed by atoms with E-state index in [1.165, 1.54) is 36.1 Å². The van der Waals surface area contributed by atoms with Crippen LogP contribution < -0.4 is 5.32 Å². The van der Waals surface area contributed by atoms with Crippen molar-refractivity contribution in [3.05, 3.63) is 34.9 Å². The average molecular weight is 203 g/mol. The fraction of sp³-hybridized carbons (Fsp3) is 0.571. The molecule has 2 rings (SSSR count). The van der Waals surface area contributed by atoms with Gasteiger partial charge in [-0.15, -0.1) is 0 Å². The Morgan fingerprint density at radius 3 is 2.47 bits per heavy atom. The number of aryl methyl sites for hydroxylation is 2. The van der Waals surface area contributed by atoms with Crippen molar-refractivity contribution in [2.24, 2.45) is 0 Å². The maximum atomic E-state index is 3.59. The van der Waals surface area contributed by atoms with Crippen LogP contribution in [0.1, 0.15) is 42.4 Å². The lowest BCUT2D eigenvalue weighted by Crippen LogP contribution is -2.24. The van der Waals surface area contributed by atoms with E-state index in [2.05, 4.69) is 44.3 Å². The Kier molecular flexibility index (Phi) is 3.11. The highest BCUT2D eigenvalue weighted by Gasteiger charge is 2.26. The van der Waals surface area contributed by atoms with Gasteiger partial charge in [-0.25, -0.2) is 0 Å². The monoisotopic (exact) mass is 203 g/mol. The summed E-state index contributed by atoms with van der Waals surface area (Å²) in [5, 5.41) is 3.59. The first kappa shape index (κ1) is 10.7. The van der Waals surface area contributed by atoms with Crippen molar-refractivity contribution in [2.75, 3.05) is 6.54 Å². The first-order valence-electron chi connectivity index (χ1n) is 6.02. The van der Waals surface area contributed by atoms with E-state index in [0.29, 0.717) is 6.04 Å². The van der Waals surface area contributed by atoms with E-state index in [9.17, 15) is 0 Å². The molecule has 1 aromatic carbocycles. The summed E-state index contributed by atoms with van der Waals surface area (Å²) in [6.07, 6.45) is 2.53. The molecule has 0 aliphatic carbocycles. The van der Waals surface area contributed by atoms with Gasteiger partial charge < -0.3 is 5.32 Å². The molecule has 0 aromatic heterocycles. The highest BCUT2D eigenvalue weighted by atomic mass is 14.9. The molecule has 1 aliphatic heterocycles. The van der Waals surface area contributed by atoms with Gasteiger partial charge in [0.05, 0.1) is 0 Å². The predicted octanol–water partition coefficient (Wildman–Crippen LogP) is 3.16. The van der Waals surface area contributed by atoms with Gasteiger partial charge in [0.2, 0.25) is 0 Å². The van der Waals surface area contributed by atoms with Gasteiger partial charge in [-0.2, -0.15) is 0 Å². The van der Waals surface area contributed by atoms with Gasteiger partial charge in [-0.3, -0.25) is 0 Å². The molecule has 82 valence electrons. The number of benzene rings is 1. The Balaban J connectivity index is 2.28. The fourth-order valence-electron chi connectivity index (χ4n) is 2.82. The van der Waals surface area contributed by atoms with Crippen molar-refractivity contribution in [1.29, 1.82) is 0 Å². The topological polar surface area (TPSA) is 12.0 Å². The molecule has 0 radical (unpaired) electrons. The largest absolute Gasteiger partial charge is 0.313 e. The van der Waals surface area contributed by atoms with E-state index in [1.807, 2.05) is 0 Å². The van der Waals surface area contributed by atoms with Gasteiger partial charge in [0.1, 0.15) is 0 Å². The summed E-state index contributed by atoms with van der Waals surface area (Å²) in [6.45, 7) is 7.84. The van der Waals surface area contributed by atoms with Crippen LogP contribution >= 0.6 is 0 Å². The van der Waals surface area contributed by atoms with Crippen LogP contribution in [-0.4, -0.2) is 12.6 Å². The van der Waals surface area contributed by atoms with Gasteiger partial charge in [0.25, 0.3) is 0 Å². The third-order valence-corrected chi connectivity index (χ3v) is 3.46. The van der Waals surface area contributed by atoms with Crippen LogP contribution in [0.2, 0.25) is 0 Å². The molecule has 15 heavy (non-hydrogen) atoms. The van der Waals surface area contributed by atoms with Crippen LogP contribution in [-0.2, 0) is 0 Å². The van der Waals surface area contributed by atoms with Crippen molar-refractivity contribution >= 4 is 0 Å². The average Bonchev–Trinajstić information content (AvgIpc) is 2.63. The van der Waals surface area contributed by atoms with Gasteiger partial charge in [0.15, 0.2) is 0 Å². The number of hydrogen-bond acceptors (Lipinski definition) is 1. The normalized spacial score (nSPS) is 25.8. The second-order valence-electron chi connectivity index (χ2n) is 4.79. The molecular formula is C14H21N. The molecule has 1 nitrogen and oxygen atoms in total. The Labute approximate surface area is 92.9 Å². The molecule has 1 heterocycles. The molecule has 0 bridgehead atoms. The maximum Gasteiger partial charge on any atom is 0.0134 e. The zero-order valence-electron chi connectivity index (χ0n) is 10.0. The Bertz CT molecular complexity index is 323. The molecule has 2 unspecified atom stereocenters.